The highest BCUT2D eigenvalue weighted by Gasteiger charge is 2.05. The highest BCUT2D eigenvalue weighted by Crippen LogP contribution is 2.27. The average molecular weight is 270 g/mol. The molecule has 0 unspecified atom stereocenters. The Morgan fingerprint density at radius 3 is 3.06 bits per heavy atom. The zero-order valence-corrected chi connectivity index (χ0v) is 10.6. The van der Waals surface area contributed by atoms with Crippen LogP contribution in [0.2, 0.25) is 5.02 Å². The summed E-state index contributed by atoms with van der Waals surface area (Å²) in [4.78, 5) is 12.2. The van der Waals surface area contributed by atoms with Gasteiger partial charge in [-0.25, -0.2) is 0 Å². The third-order valence-electron chi connectivity index (χ3n) is 1.89. The van der Waals surface area contributed by atoms with Gasteiger partial charge in [-0.05, 0) is 18.2 Å². The Labute approximate surface area is 109 Å². The highest BCUT2D eigenvalue weighted by atomic mass is 35.5. The van der Waals surface area contributed by atoms with Gasteiger partial charge in [-0.2, -0.15) is 5.26 Å². The molecule has 0 aliphatic heterocycles. The fourth-order valence-electron chi connectivity index (χ4n) is 1.09. The maximum Gasteiger partial charge on any atom is 0.230 e. The van der Waals surface area contributed by atoms with Crippen molar-refractivity contribution in [3.63, 3.8) is 0 Å². The van der Waals surface area contributed by atoms with Crippen LogP contribution in [-0.2, 0) is 4.79 Å². The Morgan fingerprint density at radius 2 is 2.35 bits per heavy atom. The molecule has 1 amide bonds. The van der Waals surface area contributed by atoms with E-state index in [1.807, 2.05) is 6.07 Å². The number of amides is 1. The van der Waals surface area contributed by atoms with Crippen molar-refractivity contribution in [1.82, 2.24) is 5.32 Å². The number of rotatable bonds is 5. The van der Waals surface area contributed by atoms with E-state index in [1.54, 1.807) is 18.2 Å². The summed E-state index contributed by atoms with van der Waals surface area (Å²) in [5.74, 6) is 0.139. The second-order valence-electron chi connectivity index (χ2n) is 3.23. The lowest BCUT2D eigenvalue weighted by molar-refractivity contribution is -0.118. The molecule has 17 heavy (non-hydrogen) atoms. The number of nitrogen functional groups attached to an aromatic ring is 1. The first-order chi connectivity index (χ1) is 8.13. The van der Waals surface area contributed by atoms with Gasteiger partial charge in [0.05, 0.1) is 18.2 Å². The topological polar surface area (TPSA) is 78.9 Å². The van der Waals surface area contributed by atoms with Crippen molar-refractivity contribution in [3.05, 3.63) is 23.2 Å². The Kier molecular flexibility index (Phi) is 5.67. The maximum atomic E-state index is 11.4. The molecule has 0 saturated heterocycles. The van der Waals surface area contributed by atoms with Crippen LogP contribution >= 0.6 is 23.4 Å². The molecule has 0 fully saturated rings. The number of halogens is 1. The molecule has 0 radical (unpaired) electrons. The van der Waals surface area contributed by atoms with Gasteiger partial charge in [0.15, 0.2) is 0 Å². The molecule has 0 heterocycles. The lowest BCUT2D eigenvalue weighted by atomic mass is 10.3. The van der Waals surface area contributed by atoms with E-state index in [1.165, 1.54) is 11.8 Å². The fraction of sp³-hybridized carbons (Fsp3) is 0.273. The van der Waals surface area contributed by atoms with Gasteiger partial charge in [-0.15, -0.1) is 11.8 Å². The largest absolute Gasteiger partial charge is 0.398 e. The summed E-state index contributed by atoms with van der Waals surface area (Å²) in [7, 11) is 0. The first-order valence-corrected chi connectivity index (χ1v) is 6.31. The van der Waals surface area contributed by atoms with Crippen LogP contribution in [0.15, 0.2) is 23.1 Å². The van der Waals surface area contributed by atoms with Gasteiger partial charge in [0.1, 0.15) is 0 Å². The molecule has 1 rings (SSSR count). The minimum Gasteiger partial charge on any atom is -0.398 e. The normalized spacial score (nSPS) is 9.65. The standard InChI is InChI=1S/C11H12ClN3OS/c12-8-2-3-9(14)10(6-8)17-7-11(16)15-5-1-4-13/h2-3,6H,1,5,7,14H2,(H,15,16). The number of nitriles is 1. The number of carbonyl (C=O) groups is 1. The van der Waals surface area contributed by atoms with Crippen molar-refractivity contribution in [1.29, 1.82) is 5.26 Å². The molecule has 0 saturated carbocycles. The van der Waals surface area contributed by atoms with Crippen LogP contribution < -0.4 is 11.1 Å². The zero-order valence-electron chi connectivity index (χ0n) is 9.07. The van der Waals surface area contributed by atoms with E-state index in [9.17, 15) is 4.79 Å². The van der Waals surface area contributed by atoms with E-state index in [0.29, 0.717) is 23.7 Å². The van der Waals surface area contributed by atoms with E-state index in [-0.39, 0.29) is 11.7 Å². The van der Waals surface area contributed by atoms with Crippen LogP contribution in [0.4, 0.5) is 5.69 Å². The van der Waals surface area contributed by atoms with E-state index in [4.69, 9.17) is 22.6 Å². The molecule has 90 valence electrons. The molecule has 1 aromatic rings. The second kappa shape index (κ2) is 7.05. The molecule has 6 heteroatoms. The van der Waals surface area contributed by atoms with Crippen LogP contribution in [0.5, 0.6) is 0 Å². The summed E-state index contributed by atoms with van der Waals surface area (Å²) in [6.45, 7) is 0.376. The third-order valence-corrected chi connectivity index (χ3v) is 3.20. The second-order valence-corrected chi connectivity index (χ2v) is 4.68. The zero-order chi connectivity index (χ0) is 12.7. The van der Waals surface area contributed by atoms with Crippen LogP contribution in [0.25, 0.3) is 0 Å². The van der Waals surface area contributed by atoms with Gasteiger partial charge in [0, 0.05) is 22.2 Å². The highest BCUT2D eigenvalue weighted by molar-refractivity contribution is 8.00. The Balaban J connectivity index is 2.42. The monoisotopic (exact) mass is 269 g/mol. The summed E-state index contributed by atoms with van der Waals surface area (Å²) < 4.78 is 0. The number of hydrogen-bond donors (Lipinski definition) is 2. The fourth-order valence-corrected chi connectivity index (χ4v) is 2.16. The van der Waals surface area contributed by atoms with Crippen LogP contribution in [0, 0.1) is 11.3 Å². The number of hydrogen-bond acceptors (Lipinski definition) is 4. The lowest BCUT2D eigenvalue weighted by Gasteiger charge is -2.06. The van der Waals surface area contributed by atoms with Crippen molar-refractivity contribution >= 4 is 35.0 Å². The number of nitrogens with one attached hydrogen (secondary N) is 1. The Morgan fingerprint density at radius 1 is 1.59 bits per heavy atom. The van der Waals surface area contributed by atoms with Crippen molar-refractivity contribution in [2.24, 2.45) is 0 Å². The number of nitrogens with zero attached hydrogens (tertiary/aromatic N) is 1. The molecule has 0 atom stereocenters. The quantitative estimate of drug-likeness (QED) is 0.487. The van der Waals surface area contributed by atoms with Gasteiger partial charge >= 0.3 is 0 Å². The molecule has 0 aliphatic rings. The molecule has 3 N–H and O–H groups in total. The van der Waals surface area contributed by atoms with E-state index < -0.39 is 0 Å². The summed E-state index contributed by atoms with van der Waals surface area (Å²) in [5.41, 5.74) is 6.34. The number of carbonyl (C=O) groups excluding carboxylic acids is 1. The Hall–Kier alpha value is -1.38. The molecule has 0 spiro atoms. The van der Waals surface area contributed by atoms with Gasteiger partial charge < -0.3 is 11.1 Å². The molecule has 0 aliphatic carbocycles. The smallest absolute Gasteiger partial charge is 0.230 e. The van der Waals surface area contributed by atoms with Crippen molar-refractivity contribution in [2.75, 3.05) is 18.0 Å². The van der Waals surface area contributed by atoms with Gasteiger partial charge in [0.2, 0.25) is 5.91 Å². The third kappa shape index (κ3) is 4.98. The minimum absolute atomic E-state index is 0.121. The molecule has 0 aromatic heterocycles. The van der Waals surface area contributed by atoms with Crippen molar-refractivity contribution in [2.45, 2.75) is 11.3 Å². The van der Waals surface area contributed by atoms with Gasteiger partial charge in [-0.1, -0.05) is 11.6 Å². The molecule has 1 aromatic carbocycles. The summed E-state index contributed by atoms with van der Waals surface area (Å²) in [5, 5.41) is 11.5. The van der Waals surface area contributed by atoms with Crippen LogP contribution in [0.1, 0.15) is 6.42 Å². The Bertz CT molecular complexity index is 445. The van der Waals surface area contributed by atoms with Crippen molar-refractivity contribution in [3.8, 4) is 6.07 Å². The van der Waals surface area contributed by atoms with E-state index in [2.05, 4.69) is 5.32 Å². The molecule has 4 nitrogen and oxygen atoms in total. The van der Waals surface area contributed by atoms with Crippen LogP contribution in [0.3, 0.4) is 0 Å². The minimum atomic E-state index is -0.121. The summed E-state index contributed by atoms with van der Waals surface area (Å²) in [6, 6.07) is 7.09. The number of nitrogens with two attached hydrogens (primary N) is 1. The molecular formula is C11H12ClN3OS. The van der Waals surface area contributed by atoms with Gasteiger partial charge in [-0.3, -0.25) is 4.79 Å². The average Bonchev–Trinajstić information content (AvgIpc) is 2.31. The number of benzene rings is 1. The van der Waals surface area contributed by atoms with Crippen LogP contribution in [-0.4, -0.2) is 18.2 Å². The van der Waals surface area contributed by atoms with Crippen molar-refractivity contribution < 1.29 is 4.79 Å². The summed E-state index contributed by atoms with van der Waals surface area (Å²) in [6.07, 6.45) is 0.315. The van der Waals surface area contributed by atoms with E-state index in [0.717, 1.165) is 4.90 Å². The number of thioether (sulfide) groups is 1. The predicted octanol–water partition coefficient (Wildman–Crippen LogP) is 2.04. The predicted molar refractivity (Wildman–Crippen MR) is 69.8 cm³/mol. The first kappa shape index (κ1) is 13.7. The van der Waals surface area contributed by atoms with Gasteiger partial charge in [0.25, 0.3) is 0 Å². The number of anilines is 1. The van der Waals surface area contributed by atoms with E-state index >= 15 is 0 Å². The first-order valence-electron chi connectivity index (χ1n) is 4.95. The lowest BCUT2D eigenvalue weighted by Crippen LogP contribution is -2.25. The molecular weight excluding hydrogens is 258 g/mol. The SMILES string of the molecule is N#CCCNC(=O)CSc1cc(Cl)ccc1N. The summed E-state index contributed by atoms with van der Waals surface area (Å²) >= 11 is 7.15. The molecule has 0 bridgehead atoms. The maximum absolute atomic E-state index is 11.4.